The van der Waals surface area contributed by atoms with E-state index in [2.05, 4.69) is 0 Å². The molecule has 2 saturated carbocycles. The van der Waals surface area contributed by atoms with E-state index in [1.807, 2.05) is 11.1 Å². The van der Waals surface area contributed by atoms with E-state index in [-0.39, 0.29) is 35.5 Å². The monoisotopic (exact) mass is 333 g/mol. The number of nitrogens with zero attached hydrogens (tertiary/aromatic N) is 1. The summed E-state index contributed by atoms with van der Waals surface area (Å²) in [6.45, 7) is 3.12. The van der Waals surface area contributed by atoms with Gasteiger partial charge in [0.15, 0.2) is 0 Å². The van der Waals surface area contributed by atoms with Gasteiger partial charge in [-0.25, -0.2) is 0 Å². The van der Waals surface area contributed by atoms with E-state index in [1.165, 1.54) is 32.6 Å². The molecule has 0 aromatic carbocycles. The predicted molar refractivity (Wildman–Crippen MR) is 87.7 cm³/mol. The SMILES string of the molecule is CC(=O)OC1C2CC3CC4(CCCCCC4)N(C(C)=O)C=C(O2)C31. The molecule has 2 bridgehead atoms. The van der Waals surface area contributed by atoms with Gasteiger partial charge in [0.25, 0.3) is 0 Å². The minimum Gasteiger partial charge on any atom is -0.489 e. The van der Waals surface area contributed by atoms with Crippen LogP contribution < -0.4 is 0 Å². The molecule has 4 atom stereocenters. The summed E-state index contributed by atoms with van der Waals surface area (Å²) in [6.07, 6.45) is 10.7. The predicted octanol–water partition coefficient (Wildman–Crippen LogP) is 3.14. The summed E-state index contributed by atoms with van der Waals surface area (Å²) in [5.41, 5.74) is -0.0731. The number of esters is 1. The number of ether oxygens (including phenoxy) is 2. The molecule has 0 aromatic heterocycles. The topological polar surface area (TPSA) is 55.8 Å². The molecule has 1 saturated heterocycles. The van der Waals surface area contributed by atoms with Crippen LogP contribution in [0.15, 0.2) is 12.0 Å². The lowest BCUT2D eigenvalue weighted by Gasteiger charge is -2.42. The number of rotatable bonds is 1. The smallest absolute Gasteiger partial charge is 0.303 e. The van der Waals surface area contributed by atoms with E-state index in [4.69, 9.17) is 9.47 Å². The molecule has 0 N–H and O–H groups in total. The van der Waals surface area contributed by atoms with Gasteiger partial charge in [0.2, 0.25) is 5.91 Å². The van der Waals surface area contributed by atoms with Gasteiger partial charge < -0.3 is 14.4 Å². The molecule has 4 rings (SSSR count). The third kappa shape index (κ3) is 2.44. The minimum absolute atomic E-state index is 0.0371. The van der Waals surface area contributed by atoms with Crippen LogP contribution in [0.2, 0.25) is 0 Å². The van der Waals surface area contributed by atoms with Crippen molar-refractivity contribution >= 4 is 11.9 Å². The van der Waals surface area contributed by atoms with Crippen LogP contribution in [-0.2, 0) is 19.1 Å². The molecule has 1 spiro atoms. The zero-order valence-corrected chi connectivity index (χ0v) is 14.6. The summed E-state index contributed by atoms with van der Waals surface area (Å²) >= 11 is 0. The molecule has 2 aliphatic carbocycles. The van der Waals surface area contributed by atoms with Gasteiger partial charge in [-0.1, -0.05) is 25.7 Å². The fourth-order valence-electron chi connectivity index (χ4n) is 5.62. The molecule has 24 heavy (non-hydrogen) atoms. The molecule has 0 radical (unpaired) electrons. The third-order valence-corrected chi connectivity index (χ3v) is 6.46. The summed E-state index contributed by atoms with van der Waals surface area (Å²) in [4.78, 5) is 25.9. The van der Waals surface area contributed by atoms with Crippen LogP contribution in [0.3, 0.4) is 0 Å². The molecule has 132 valence electrons. The summed E-state index contributed by atoms with van der Waals surface area (Å²) in [7, 11) is 0. The number of carbonyl (C=O) groups excluding carboxylic acids is 2. The lowest BCUT2D eigenvalue weighted by Crippen LogP contribution is -2.48. The van der Waals surface area contributed by atoms with Crippen LogP contribution >= 0.6 is 0 Å². The maximum Gasteiger partial charge on any atom is 0.303 e. The highest BCUT2D eigenvalue weighted by molar-refractivity contribution is 5.75. The highest BCUT2D eigenvalue weighted by Crippen LogP contribution is 2.55. The molecule has 2 heterocycles. The summed E-state index contributed by atoms with van der Waals surface area (Å²) < 4.78 is 11.6. The van der Waals surface area contributed by atoms with Crippen molar-refractivity contribution < 1.29 is 19.1 Å². The van der Waals surface area contributed by atoms with Gasteiger partial charge in [-0.2, -0.15) is 0 Å². The Morgan fingerprint density at radius 2 is 1.92 bits per heavy atom. The van der Waals surface area contributed by atoms with E-state index in [0.717, 1.165) is 31.4 Å². The third-order valence-electron chi connectivity index (χ3n) is 6.46. The average Bonchev–Trinajstić information content (AvgIpc) is 2.85. The molecule has 3 fully saturated rings. The first-order valence-electron chi connectivity index (χ1n) is 9.36. The van der Waals surface area contributed by atoms with Crippen LogP contribution in [-0.4, -0.2) is 34.5 Å². The largest absolute Gasteiger partial charge is 0.489 e. The second-order valence-electron chi connectivity index (χ2n) is 8.02. The molecule has 4 unspecified atom stereocenters. The van der Waals surface area contributed by atoms with Gasteiger partial charge in [0.05, 0.1) is 5.92 Å². The van der Waals surface area contributed by atoms with Gasteiger partial charge in [-0.05, 0) is 31.6 Å². The number of carbonyl (C=O) groups is 2. The Morgan fingerprint density at radius 3 is 2.54 bits per heavy atom. The summed E-state index contributed by atoms with van der Waals surface area (Å²) in [6, 6.07) is 0. The highest BCUT2D eigenvalue weighted by atomic mass is 16.6. The molecule has 0 aromatic rings. The van der Waals surface area contributed by atoms with E-state index in [1.54, 1.807) is 6.92 Å². The Morgan fingerprint density at radius 1 is 1.21 bits per heavy atom. The fourth-order valence-corrected chi connectivity index (χ4v) is 5.62. The molecular weight excluding hydrogens is 306 g/mol. The fraction of sp³-hybridized carbons (Fsp3) is 0.789. The van der Waals surface area contributed by atoms with Gasteiger partial charge in [-0.3, -0.25) is 9.59 Å². The Labute approximate surface area is 143 Å². The van der Waals surface area contributed by atoms with Crippen molar-refractivity contribution in [1.82, 2.24) is 4.90 Å². The van der Waals surface area contributed by atoms with Crippen molar-refractivity contribution in [2.45, 2.75) is 83.0 Å². The quantitative estimate of drug-likeness (QED) is 0.692. The first-order valence-corrected chi connectivity index (χ1v) is 9.36. The highest BCUT2D eigenvalue weighted by Gasteiger charge is 2.59. The van der Waals surface area contributed by atoms with E-state index >= 15 is 0 Å². The number of amides is 1. The maximum atomic E-state index is 12.4. The van der Waals surface area contributed by atoms with Crippen molar-refractivity contribution in [1.29, 1.82) is 0 Å². The first kappa shape index (κ1) is 16.0. The Hall–Kier alpha value is -1.52. The van der Waals surface area contributed by atoms with Crippen LogP contribution in [0.5, 0.6) is 0 Å². The second kappa shape index (κ2) is 5.78. The zero-order chi connectivity index (χ0) is 16.9. The number of hydrogen-bond acceptors (Lipinski definition) is 4. The van der Waals surface area contributed by atoms with Crippen molar-refractivity contribution in [2.75, 3.05) is 0 Å². The molecule has 2 aliphatic heterocycles. The summed E-state index contributed by atoms with van der Waals surface area (Å²) in [5, 5.41) is 0. The zero-order valence-electron chi connectivity index (χ0n) is 14.6. The van der Waals surface area contributed by atoms with Crippen molar-refractivity contribution in [3.05, 3.63) is 12.0 Å². The lowest BCUT2D eigenvalue weighted by atomic mass is 9.77. The molecule has 1 amide bonds. The van der Waals surface area contributed by atoms with Crippen LogP contribution in [0.25, 0.3) is 0 Å². The normalized spacial score (nSPS) is 36.6. The number of hydrogen-bond donors (Lipinski definition) is 0. The minimum atomic E-state index is -0.243. The molecule has 5 heteroatoms. The van der Waals surface area contributed by atoms with Crippen LogP contribution in [0.4, 0.5) is 0 Å². The Kier molecular flexibility index (Phi) is 3.85. The van der Waals surface area contributed by atoms with E-state index in [9.17, 15) is 9.59 Å². The maximum absolute atomic E-state index is 12.4. The van der Waals surface area contributed by atoms with Crippen molar-refractivity contribution in [3.63, 3.8) is 0 Å². The van der Waals surface area contributed by atoms with Gasteiger partial charge in [0.1, 0.15) is 18.0 Å². The van der Waals surface area contributed by atoms with E-state index in [0.29, 0.717) is 5.92 Å². The Balaban J connectivity index is 1.70. The van der Waals surface area contributed by atoms with Crippen molar-refractivity contribution in [3.8, 4) is 0 Å². The van der Waals surface area contributed by atoms with Crippen LogP contribution in [0.1, 0.15) is 65.2 Å². The lowest BCUT2D eigenvalue weighted by molar-refractivity contribution is -0.148. The van der Waals surface area contributed by atoms with Crippen molar-refractivity contribution in [2.24, 2.45) is 11.8 Å². The van der Waals surface area contributed by atoms with E-state index < -0.39 is 0 Å². The molecular formula is C19H27NO4. The Bertz CT molecular complexity index is 576. The molecule has 5 nitrogen and oxygen atoms in total. The molecule has 4 aliphatic rings. The van der Waals surface area contributed by atoms with Gasteiger partial charge in [0, 0.05) is 25.6 Å². The van der Waals surface area contributed by atoms with Gasteiger partial charge >= 0.3 is 5.97 Å². The average molecular weight is 333 g/mol. The second-order valence-corrected chi connectivity index (χ2v) is 8.02. The number of fused-ring (bicyclic) bond motifs is 1. The summed E-state index contributed by atoms with van der Waals surface area (Å²) in [5.74, 6) is 1.29. The van der Waals surface area contributed by atoms with Crippen LogP contribution in [0, 0.1) is 11.8 Å². The standard InChI is InChI=1S/C19H27NO4/c1-12(21)20-11-16-17-14(9-15(24-16)18(17)23-13(2)22)10-19(20)7-5-3-4-6-8-19/h11,14-15,17-18H,3-10H2,1-2H3. The first-order chi connectivity index (χ1) is 11.5. The van der Waals surface area contributed by atoms with Gasteiger partial charge in [-0.15, -0.1) is 0 Å².